The number of rotatable bonds is 7. The molecule has 1 aliphatic heterocycles. The molecule has 1 amide bonds. The lowest BCUT2D eigenvalue weighted by Gasteiger charge is -2.36. The third kappa shape index (κ3) is 5.27. The Bertz CT molecular complexity index is 985. The predicted octanol–water partition coefficient (Wildman–Crippen LogP) is 3.61. The maximum Gasteiger partial charge on any atom is 0.256 e. The molecule has 1 fully saturated rings. The van der Waals surface area contributed by atoms with Gasteiger partial charge in [0, 0.05) is 51.0 Å². The molecule has 0 saturated carbocycles. The van der Waals surface area contributed by atoms with Crippen molar-refractivity contribution < 1.29 is 4.79 Å². The average Bonchev–Trinajstić information content (AvgIpc) is 2.84. The van der Waals surface area contributed by atoms with E-state index in [0.29, 0.717) is 17.9 Å². The van der Waals surface area contributed by atoms with E-state index in [4.69, 9.17) is 4.98 Å². The van der Waals surface area contributed by atoms with Gasteiger partial charge < -0.3 is 10.2 Å². The van der Waals surface area contributed by atoms with E-state index in [2.05, 4.69) is 44.4 Å². The zero-order valence-electron chi connectivity index (χ0n) is 18.0. The van der Waals surface area contributed by atoms with Crippen LogP contribution in [0.25, 0.3) is 11.4 Å². The molecular weight excluding hydrogens is 386 g/mol. The van der Waals surface area contributed by atoms with Gasteiger partial charge in [-0.3, -0.25) is 9.69 Å². The van der Waals surface area contributed by atoms with Crippen LogP contribution >= 0.6 is 0 Å². The highest BCUT2D eigenvalue weighted by molar-refractivity contribution is 5.98. The molecule has 1 N–H and O–H groups in total. The molecule has 6 nitrogen and oxygen atoms in total. The fourth-order valence-electron chi connectivity index (χ4n) is 3.79. The lowest BCUT2D eigenvalue weighted by molar-refractivity contribution is 0.0953. The van der Waals surface area contributed by atoms with Gasteiger partial charge in [0.05, 0.1) is 0 Å². The van der Waals surface area contributed by atoms with Crippen molar-refractivity contribution in [2.75, 3.05) is 37.6 Å². The minimum absolute atomic E-state index is 0.108. The van der Waals surface area contributed by atoms with E-state index >= 15 is 0 Å². The van der Waals surface area contributed by atoms with E-state index in [1.54, 1.807) is 6.20 Å². The fourth-order valence-corrected chi connectivity index (χ4v) is 3.79. The first-order valence-electron chi connectivity index (χ1n) is 11.0. The van der Waals surface area contributed by atoms with Gasteiger partial charge in [0.2, 0.25) is 0 Å². The molecule has 1 aliphatic rings. The van der Waals surface area contributed by atoms with Crippen molar-refractivity contribution in [1.29, 1.82) is 0 Å². The largest absolute Gasteiger partial charge is 0.353 e. The fraction of sp³-hybridized carbons (Fsp3) is 0.320. The van der Waals surface area contributed by atoms with Crippen LogP contribution in [0.1, 0.15) is 29.3 Å². The van der Waals surface area contributed by atoms with Crippen LogP contribution in [0.4, 0.5) is 5.82 Å². The summed E-state index contributed by atoms with van der Waals surface area (Å²) in [5, 5.41) is 2.97. The van der Waals surface area contributed by atoms with Crippen LogP contribution in [0, 0.1) is 0 Å². The number of nitrogens with zero attached hydrogens (tertiary/aromatic N) is 4. The molecule has 6 heteroatoms. The molecule has 0 atom stereocenters. The number of amides is 1. The van der Waals surface area contributed by atoms with Gasteiger partial charge in [0.25, 0.3) is 5.91 Å². The summed E-state index contributed by atoms with van der Waals surface area (Å²) in [4.78, 5) is 26.8. The van der Waals surface area contributed by atoms with Crippen LogP contribution in [0.15, 0.2) is 66.9 Å². The first-order valence-corrected chi connectivity index (χ1v) is 11.0. The summed E-state index contributed by atoms with van der Waals surface area (Å²) in [6.45, 7) is 7.13. The molecule has 0 aliphatic carbocycles. The van der Waals surface area contributed by atoms with Gasteiger partial charge in [-0.15, -0.1) is 0 Å². The van der Waals surface area contributed by atoms with Crippen LogP contribution in [-0.2, 0) is 6.54 Å². The first-order chi connectivity index (χ1) is 15.2. The Morgan fingerprint density at radius 3 is 2.32 bits per heavy atom. The van der Waals surface area contributed by atoms with Crippen LogP contribution in [-0.4, -0.2) is 53.5 Å². The van der Waals surface area contributed by atoms with Crippen LogP contribution in [0.3, 0.4) is 0 Å². The highest BCUT2D eigenvalue weighted by Gasteiger charge is 2.24. The quantitative estimate of drug-likeness (QED) is 0.639. The Morgan fingerprint density at radius 1 is 0.968 bits per heavy atom. The van der Waals surface area contributed by atoms with Crippen molar-refractivity contribution >= 4 is 11.7 Å². The Morgan fingerprint density at radius 2 is 1.65 bits per heavy atom. The summed E-state index contributed by atoms with van der Waals surface area (Å²) >= 11 is 0. The predicted molar refractivity (Wildman–Crippen MR) is 124 cm³/mol. The van der Waals surface area contributed by atoms with E-state index in [1.807, 2.05) is 43.3 Å². The summed E-state index contributed by atoms with van der Waals surface area (Å²) < 4.78 is 0. The number of carbonyl (C=O) groups excluding carboxylic acids is 1. The van der Waals surface area contributed by atoms with Crippen molar-refractivity contribution in [2.24, 2.45) is 0 Å². The van der Waals surface area contributed by atoms with Crippen molar-refractivity contribution in [3.05, 3.63) is 78.0 Å². The highest BCUT2D eigenvalue weighted by Crippen LogP contribution is 2.24. The van der Waals surface area contributed by atoms with E-state index in [1.165, 1.54) is 5.56 Å². The van der Waals surface area contributed by atoms with Crippen LogP contribution in [0.5, 0.6) is 0 Å². The lowest BCUT2D eigenvalue weighted by Crippen LogP contribution is -2.47. The first kappa shape index (κ1) is 21.0. The molecule has 3 aromatic rings. The van der Waals surface area contributed by atoms with Gasteiger partial charge in [0.15, 0.2) is 5.82 Å². The van der Waals surface area contributed by atoms with E-state index in [-0.39, 0.29) is 5.91 Å². The Hall–Kier alpha value is -3.25. The molecule has 2 aromatic carbocycles. The molecule has 0 spiro atoms. The number of anilines is 1. The standard InChI is InChI=1S/C25H29N5O/c1-2-13-26-25(31)22-18-27-23(21-11-7-4-8-12-21)28-24(22)30-16-14-29(15-17-30)19-20-9-5-3-6-10-20/h3-12,18H,2,13-17,19H2,1H3,(H,26,31). The van der Waals surface area contributed by atoms with Crippen molar-refractivity contribution in [3.8, 4) is 11.4 Å². The molecule has 31 heavy (non-hydrogen) atoms. The molecule has 2 heterocycles. The average molecular weight is 416 g/mol. The molecule has 1 aromatic heterocycles. The van der Waals surface area contributed by atoms with Crippen molar-refractivity contribution in [2.45, 2.75) is 19.9 Å². The van der Waals surface area contributed by atoms with Crippen LogP contribution < -0.4 is 10.2 Å². The summed E-state index contributed by atoms with van der Waals surface area (Å²) in [6.07, 6.45) is 2.56. The molecule has 1 saturated heterocycles. The van der Waals surface area contributed by atoms with Crippen LogP contribution in [0.2, 0.25) is 0 Å². The minimum atomic E-state index is -0.108. The maximum atomic E-state index is 12.8. The van der Waals surface area contributed by atoms with Gasteiger partial charge in [-0.25, -0.2) is 9.97 Å². The van der Waals surface area contributed by atoms with E-state index < -0.39 is 0 Å². The number of hydrogen-bond donors (Lipinski definition) is 1. The number of piperazine rings is 1. The number of nitrogens with one attached hydrogen (secondary N) is 1. The normalized spacial score (nSPS) is 14.4. The minimum Gasteiger partial charge on any atom is -0.353 e. The smallest absolute Gasteiger partial charge is 0.256 e. The summed E-state index contributed by atoms with van der Waals surface area (Å²) in [7, 11) is 0. The molecule has 0 unspecified atom stereocenters. The number of aromatic nitrogens is 2. The second-order valence-corrected chi connectivity index (χ2v) is 7.80. The SMILES string of the molecule is CCCNC(=O)c1cnc(-c2ccccc2)nc1N1CCN(Cc2ccccc2)CC1. The number of hydrogen-bond acceptors (Lipinski definition) is 5. The third-order valence-corrected chi connectivity index (χ3v) is 5.50. The van der Waals surface area contributed by atoms with E-state index in [0.717, 1.165) is 50.5 Å². The second-order valence-electron chi connectivity index (χ2n) is 7.80. The third-order valence-electron chi connectivity index (χ3n) is 5.50. The van der Waals surface area contributed by atoms with Crippen molar-refractivity contribution in [3.63, 3.8) is 0 Å². The Kier molecular flexibility index (Phi) is 6.89. The Labute approximate surface area is 183 Å². The van der Waals surface area contributed by atoms with Gasteiger partial charge >= 0.3 is 0 Å². The Balaban J connectivity index is 1.54. The van der Waals surface area contributed by atoms with E-state index in [9.17, 15) is 4.79 Å². The summed E-state index contributed by atoms with van der Waals surface area (Å²) in [5.41, 5.74) is 2.82. The highest BCUT2D eigenvalue weighted by atomic mass is 16.1. The maximum absolute atomic E-state index is 12.8. The van der Waals surface area contributed by atoms with Gasteiger partial charge in [-0.1, -0.05) is 67.6 Å². The van der Waals surface area contributed by atoms with Gasteiger partial charge in [-0.05, 0) is 12.0 Å². The second kappa shape index (κ2) is 10.2. The topological polar surface area (TPSA) is 61.4 Å². The molecule has 4 rings (SSSR count). The zero-order chi connectivity index (χ0) is 21.5. The zero-order valence-corrected chi connectivity index (χ0v) is 18.0. The summed E-state index contributed by atoms with van der Waals surface area (Å²) in [5.74, 6) is 1.26. The number of carbonyl (C=O) groups is 1. The van der Waals surface area contributed by atoms with Crippen molar-refractivity contribution in [1.82, 2.24) is 20.2 Å². The molecule has 160 valence electrons. The number of benzene rings is 2. The lowest BCUT2D eigenvalue weighted by atomic mass is 10.1. The molecular formula is C25H29N5O. The monoisotopic (exact) mass is 415 g/mol. The van der Waals surface area contributed by atoms with Gasteiger partial charge in [0.1, 0.15) is 11.4 Å². The molecule has 0 radical (unpaired) electrons. The summed E-state index contributed by atoms with van der Waals surface area (Å²) in [6, 6.07) is 20.5. The molecule has 0 bridgehead atoms. The van der Waals surface area contributed by atoms with Gasteiger partial charge in [-0.2, -0.15) is 0 Å².